The summed E-state index contributed by atoms with van der Waals surface area (Å²) in [4.78, 5) is 26.2. The van der Waals surface area contributed by atoms with E-state index >= 15 is 0 Å². The van der Waals surface area contributed by atoms with Gasteiger partial charge in [-0.1, -0.05) is 0 Å². The molecule has 0 saturated heterocycles. The summed E-state index contributed by atoms with van der Waals surface area (Å²) >= 11 is 0. The Hall–Kier alpha value is -3.12. The Morgan fingerprint density at radius 3 is 1.31 bits per heavy atom. The molecule has 16 heteroatoms. The second-order valence-electron chi connectivity index (χ2n) is 7.91. The lowest BCUT2D eigenvalue weighted by Gasteiger charge is -2.30. The van der Waals surface area contributed by atoms with Crippen LogP contribution in [0.4, 0.5) is 0 Å². The van der Waals surface area contributed by atoms with Crippen molar-refractivity contribution in [2.45, 2.75) is 0 Å². The Kier molecular flexibility index (Phi) is 11.3. The van der Waals surface area contributed by atoms with Crippen LogP contribution in [-0.4, -0.2) is 84.5 Å². The highest BCUT2D eigenvalue weighted by molar-refractivity contribution is 7.74. The topological polar surface area (TPSA) is 154 Å². The van der Waals surface area contributed by atoms with Crippen LogP contribution in [0.2, 0.25) is 0 Å². The predicted octanol–water partition coefficient (Wildman–Crippen LogP) is 3.21. The lowest BCUT2D eigenvalue weighted by Crippen LogP contribution is -2.41. The van der Waals surface area contributed by atoms with Crippen LogP contribution < -0.4 is 29.3 Å². The van der Waals surface area contributed by atoms with Crippen molar-refractivity contribution in [1.82, 2.24) is 20.4 Å². The summed E-state index contributed by atoms with van der Waals surface area (Å²) in [6, 6.07) is 9.22. The molecule has 0 aromatic heterocycles. The normalized spacial score (nSPS) is 13.9. The van der Waals surface area contributed by atoms with Crippen LogP contribution in [0.15, 0.2) is 36.4 Å². The first kappa shape index (κ1) is 32.1. The van der Waals surface area contributed by atoms with Gasteiger partial charge in [0.1, 0.15) is 28.9 Å². The van der Waals surface area contributed by atoms with Gasteiger partial charge in [-0.15, -0.1) is 0 Å². The number of nitrogens with zero attached hydrogens (tertiary/aromatic N) is 2. The minimum absolute atomic E-state index is 0.111. The van der Waals surface area contributed by atoms with Crippen LogP contribution in [0, 0.1) is 0 Å². The molecular weight excluding hydrogens is 554 g/mol. The molecule has 2 rings (SSSR count). The molecule has 39 heavy (non-hydrogen) atoms. The SMILES string of the molecule is COc1ccc(OC)c(C(=O)N(C)NP(=O)(CP(=O)(NN(C)C(=O)c2cc(OC)ccc2OC)OC)OC)c1. The number of methoxy groups -OCH3 is 4. The number of hydrogen-bond acceptors (Lipinski definition) is 10. The molecule has 0 heterocycles. The van der Waals surface area contributed by atoms with E-state index in [4.69, 9.17) is 28.0 Å². The van der Waals surface area contributed by atoms with Crippen molar-refractivity contribution in [1.29, 1.82) is 0 Å². The number of benzene rings is 2. The molecule has 0 aliphatic rings. The highest BCUT2D eigenvalue weighted by Crippen LogP contribution is 2.58. The fraction of sp³-hybridized carbons (Fsp3) is 0.391. The number of hydrazine groups is 2. The van der Waals surface area contributed by atoms with Gasteiger partial charge < -0.3 is 28.0 Å². The van der Waals surface area contributed by atoms with Crippen LogP contribution in [0.3, 0.4) is 0 Å². The van der Waals surface area contributed by atoms with Crippen LogP contribution in [0.25, 0.3) is 0 Å². The van der Waals surface area contributed by atoms with E-state index in [1.807, 2.05) is 0 Å². The van der Waals surface area contributed by atoms with Crippen molar-refractivity contribution in [3.05, 3.63) is 47.5 Å². The zero-order valence-electron chi connectivity index (χ0n) is 23.0. The molecule has 0 bridgehead atoms. The van der Waals surface area contributed by atoms with E-state index in [9.17, 15) is 18.7 Å². The summed E-state index contributed by atoms with van der Waals surface area (Å²) in [6.45, 7) is 0. The molecule has 0 aliphatic carbocycles. The van der Waals surface area contributed by atoms with E-state index in [0.29, 0.717) is 11.5 Å². The average Bonchev–Trinajstić information content (AvgIpc) is 2.95. The lowest BCUT2D eigenvalue weighted by atomic mass is 10.1. The first-order chi connectivity index (χ1) is 18.4. The highest BCUT2D eigenvalue weighted by Gasteiger charge is 2.39. The molecule has 2 unspecified atom stereocenters. The summed E-state index contributed by atoms with van der Waals surface area (Å²) in [5.74, 6) is -0.710. The zero-order valence-corrected chi connectivity index (χ0v) is 24.8. The van der Waals surface area contributed by atoms with Crippen LogP contribution in [0.1, 0.15) is 20.7 Å². The number of hydrogen-bond donors (Lipinski definition) is 2. The predicted molar refractivity (Wildman–Crippen MR) is 144 cm³/mol. The minimum atomic E-state index is -4.05. The molecule has 0 radical (unpaired) electrons. The molecule has 14 nitrogen and oxygen atoms in total. The van der Waals surface area contributed by atoms with Crippen molar-refractivity contribution in [2.75, 3.05) is 62.7 Å². The van der Waals surface area contributed by atoms with E-state index in [1.54, 1.807) is 24.3 Å². The second kappa shape index (κ2) is 13.8. The highest BCUT2D eigenvalue weighted by atomic mass is 31.2. The van der Waals surface area contributed by atoms with E-state index in [2.05, 4.69) is 10.4 Å². The Labute approximate surface area is 227 Å². The summed E-state index contributed by atoms with van der Waals surface area (Å²) < 4.78 is 58.3. The molecule has 2 atom stereocenters. The maximum Gasteiger partial charge on any atom is 0.297 e. The van der Waals surface area contributed by atoms with Crippen molar-refractivity contribution >= 4 is 26.9 Å². The molecule has 2 aromatic carbocycles. The molecule has 216 valence electrons. The quantitative estimate of drug-likeness (QED) is 0.246. The fourth-order valence-corrected chi connectivity index (χ4v) is 8.03. The number of rotatable bonds is 14. The van der Waals surface area contributed by atoms with Gasteiger partial charge in [-0.2, -0.15) is 10.4 Å². The summed E-state index contributed by atoms with van der Waals surface area (Å²) in [7, 11) is 2.43. The number of carbonyl (C=O) groups excluding carboxylic acids is 2. The standard InChI is InChI=1S/C23H34N4O10P2/c1-26(22(28)18-13-16(32-3)9-11-20(18)34-5)24-38(30,36-7)15-39(31,37-8)25-27(2)23(29)19-14-17(33-4)10-12-21(19)35-6/h9-14H,15H2,1-8H3,(H,24,30)(H,25,31). The van der Waals surface area contributed by atoms with Gasteiger partial charge in [-0.3, -0.25) is 28.7 Å². The van der Waals surface area contributed by atoms with Crippen molar-refractivity contribution in [3.8, 4) is 23.0 Å². The van der Waals surface area contributed by atoms with Gasteiger partial charge in [0, 0.05) is 28.3 Å². The van der Waals surface area contributed by atoms with Crippen molar-refractivity contribution in [2.24, 2.45) is 0 Å². The largest absolute Gasteiger partial charge is 0.497 e. The fourth-order valence-electron chi connectivity index (χ4n) is 3.38. The molecule has 0 saturated carbocycles. The van der Waals surface area contributed by atoms with E-state index < -0.39 is 32.8 Å². The number of carbonyl (C=O) groups is 2. The number of amides is 2. The number of ether oxygens (including phenoxy) is 4. The van der Waals surface area contributed by atoms with Gasteiger partial charge in [0.15, 0.2) is 0 Å². The lowest BCUT2D eigenvalue weighted by molar-refractivity contribution is 0.0749. The summed E-state index contributed by atoms with van der Waals surface area (Å²) in [5.41, 5.74) is 0.222. The van der Waals surface area contributed by atoms with Crippen LogP contribution in [0.5, 0.6) is 23.0 Å². The molecule has 0 spiro atoms. The Balaban J connectivity index is 2.25. The van der Waals surface area contributed by atoms with Gasteiger partial charge in [-0.05, 0) is 36.4 Å². The van der Waals surface area contributed by atoms with Crippen LogP contribution >= 0.6 is 15.0 Å². The first-order valence-electron chi connectivity index (χ1n) is 11.2. The molecule has 0 aliphatic heterocycles. The molecule has 0 fully saturated rings. The molecule has 2 N–H and O–H groups in total. The van der Waals surface area contributed by atoms with Gasteiger partial charge >= 0.3 is 0 Å². The molecule has 2 aromatic rings. The van der Waals surface area contributed by atoms with Crippen molar-refractivity contribution in [3.63, 3.8) is 0 Å². The van der Waals surface area contributed by atoms with Gasteiger partial charge in [-0.25, -0.2) is 0 Å². The zero-order chi connectivity index (χ0) is 29.4. The van der Waals surface area contributed by atoms with E-state index in [-0.39, 0.29) is 22.6 Å². The van der Waals surface area contributed by atoms with Crippen LogP contribution in [-0.2, 0) is 18.2 Å². The third-order valence-corrected chi connectivity index (χ3v) is 10.8. The third kappa shape index (κ3) is 7.95. The van der Waals surface area contributed by atoms with Gasteiger partial charge in [0.05, 0.1) is 39.6 Å². The Morgan fingerprint density at radius 1 is 0.667 bits per heavy atom. The monoisotopic (exact) mass is 588 g/mol. The van der Waals surface area contributed by atoms with Crippen molar-refractivity contribution < 1.29 is 46.7 Å². The Bertz CT molecular complexity index is 1180. The smallest absolute Gasteiger partial charge is 0.297 e. The number of nitrogens with one attached hydrogen (secondary N) is 2. The Morgan fingerprint density at radius 2 is 1.03 bits per heavy atom. The molecule has 2 amide bonds. The molecular formula is C23H34N4O10P2. The minimum Gasteiger partial charge on any atom is -0.497 e. The summed E-state index contributed by atoms with van der Waals surface area (Å²) in [5, 5.41) is 6.78. The second-order valence-corrected chi connectivity index (χ2v) is 12.9. The average molecular weight is 588 g/mol. The summed E-state index contributed by atoms with van der Waals surface area (Å²) in [6.07, 6.45) is 0. The maximum atomic E-state index is 13.6. The first-order valence-corrected chi connectivity index (χ1v) is 14.9. The van der Waals surface area contributed by atoms with E-state index in [1.165, 1.54) is 54.7 Å². The van der Waals surface area contributed by atoms with Gasteiger partial charge in [0.2, 0.25) is 0 Å². The van der Waals surface area contributed by atoms with Gasteiger partial charge in [0.25, 0.3) is 26.9 Å². The maximum absolute atomic E-state index is 13.6. The van der Waals surface area contributed by atoms with E-state index in [0.717, 1.165) is 24.2 Å². The third-order valence-electron chi connectivity index (χ3n) is 5.45.